The fourth-order valence-corrected chi connectivity index (χ4v) is 5.12. The minimum absolute atomic E-state index is 0.0459. The van der Waals surface area contributed by atoms with Gasteiger partial charge in [-0.2, -0.15) is 5.10 Å². The summed E-state index contributed by atoms with van der Waals surface area (Å²) in [6.45, 7) is 1.44. The molecule has 0 spiro atoms. The Labute approximate surface area is 243 Å². The number of hydrogen-bond acceptors (Lipinski definition) is 8. The number of carbonyl (C=O) groups is 2. The van der Waals surface area contributed by atoms with Crippen molar-refractivity contribution in [1.82, 2.24) is 10.7 Å². The third kappa shape index (κ3) is 8.21. The van der Waals surface area contributed by atoms with Crippen molar-refractivity contribution in [1.29, 1.82) is 0 Å². The quantitative estimate of drug-likeness (QED) is 0.179. The van der Waals surface area contributed by atoms with Crippen LogP contribution in [0.25, 0.3) is 0 Å². The average molecular weight is 591 g/mol. The van der Waals surface area contributed by atoms with Crippen LogP contribution in [-0.2, 0) is 26.2 Å². The molecule has 0 fully saturated rings. The summed E-state index contributed by atoms with van der Waals surface area (Å²) in [7, 11) is -2.61. The smallest absolute Gasteiger partial charge is 0.264 e. The number of methoxy groups -OCH3 is 1. The van der Waals surface area contributed by atoms with Crippen LogP contribution in [-0.4, -0.2) is 46.7 Å². The van der Waals surface area contributed by atoms with Crippen LogP contribution in [0.4, 0.5) is 5.69 Å². The number of nitrogens with one attached hydrogen (secondary N) is 2. The zero-order valence-electron chi connectivity index (χ0n) is 23.0. The van der Waals surface area contributed by atoms with Gasteiger partial charge in [-0.25, -0.2) is 13.8 Å². The molecular weight excluding hydrogens is 560 g/mol. The Hall–Kier alpha value is -5.10. The number of sulfonamides is 1. The summed E-state index contributed by atoms with van der Waals surface area (Å²) in [6.07, 6.45) is 2.94. The molecule has 3 aromatic carbocycles. The normalized spacial score (nSPS) is 11.2. The van der Waals surface area contributed by atoms with Gasteiger partial charge < -0.3 is 19.2 Å². The molecule has 11 nitrogen and oxygen atoms in total. The molecule has 218 valence electrons. The number of anilines is 1. The number of carbonyl (C=O) groups excluding carboxylic acids is 2. The molecule has 0 saturated carbocycles. The highest BCUT2D eigenvalue weighted by molar-refractivity contribution is 7.92. The van der Waals surface area contributed by atoms with Crippen molar-refractivity contribution in [2.24, 2.45) is 5.10 Å². The average Bonchev–Trinajstić information content (AvgIpc) is 3.52. The lowest BCUT2D eigenvalue weighted by molar-refractivity contribution is -0.123. The van der Waals surface area contributed by atoms with Gasteiger partial charge in [0, 0.05) is 6.07 Å². The molecule has 2 N–H and O–H groups in total. The van der Waals surface area contributed by atoms with Crippen molar-refractivity contribution in [2.75, 3.05) is 24.6 Å². The first-order valence-corrected chi connectivity index (χ1v) is 14.3. The summed E-state index contributed by atoms with van der Waals surface area (Å²) in [5, 5.41) is 6.65. The lowest BCUT2D eigenvalue weighted by atomic mass is 10.2. The van der Waals surface area contributed by atoms with Crippen LogP contribution in [0.1, 0.15) is 16.9 Å². The molecule has 4 rings (SSSR count). The monoisotopic (exact) mass is 590 g/mol. The first kappa shape index (κ1) is 29.9. The van der Waals surface area contributed by atoms with E-state index < -0.39 is 22.5 Å². The molecule has 0 aliphatic rings. The molecule has 0 bridgehead atoms. The van der Waals surface area contributed by atoms with Crippen molar-refractivity contribution in [3.8, 4) is 11.5 Å². The molecular formula is C30H30N4O7S. The van der Waals surface area contributed by atoms with E-state index in [-0.39, 0.29) is 29.6 Å². The third-order valence-electron chi connectivity index (χ3n) is 5.93. The Morgan fingerprint density at radius 1 is 0.952 bits per heavy atom. The van der Waals surface area contributed by atoms with E-state index in [9.17, 15) is 18.0 Å². The van der Waals surface area contributed by atoms with Crippen LogP contribution in [0.5, 0.6) is 11.5 Å². The largest absolute Gasteiger partial charge is 0.497 e. The summed E-state index contributed by atoms with van der Waals surface area (Å²) in [6, 6.07) is 23.0. The van der Waals surface area contributed by atoms with Gasteiger partial charge in [-0.05, 0) is 73.2 Å². The molecule has 4 aromatic rings. The van der Waals surface area contributed by atoms with E-state index in [0.29, 0.717) is 22.8 Å². The van der Waals surface area contributed by atoms with Crippen molar-refractivity contribution >= 4 is 33.7 Å². The van der Waals surface area contributed by atoms with E-state index >= 15 is 0 Å². The van der Waals surface area contributed by atoms with Gasteiger partial charge >= 0.3 is 0 Å². The van der Waals surface area contributed by atoms with Crippen LogP contribution in [0, 0.1) is 6.92 Å². The Morgan fingerprint density at radius 3 is 2.40 bits per heavy atom. The Morgan fingerprint density at radius 2 is 1.71 bits per heavy atom. The molecule has 2 amide bonds. The van der Waals surface area contributed by atoms with E-state index in [2.05, 4.69) is 15.8 Å². The summed E-state index contributed by atoms with van der Waals surface area (Å²) in [5.41, 5.74) is 4.18. The topological polar surface area (TPSA) is 140 Å². The standard InChI is InChI=1S/C30H30N4O7S/c1-22-8-14-28(15-9-22)42(37,38)34(24-5-3-6-26(17-24)39-2)20-29(35)33-32-18-23-10-12-25(13-11-23)41-21-30(36)31-19-27-7-4-16-40-27/h3-18H,19-21H2,1-2H3,(H,31,36)(H,33,35)/b32-18-. The molecule has 0 saturated heterocycles. The predicted molar refractivity (Wildman–Crippen MR) is 157 cm³/mol. The molecule has 0 atom stereocenters. The molecule has 1 aromatic heterocycles. The summed E-state index contributed by atoms with van der Waals surface area (Å²) in [4.78, 5) is 24.8. The first-order valence-electron chi connectivity index (χ1n) is 12.8. The molecule has 42 heavy (non-hydrogen) atoms. The molecule has 0 aliphatic carbocycles. The van der Waals surface area contributed by atoms with Crippen molar-refractivity contribution in [3.63, 3.8) is 0 Å². The maximum absolute atomic E-state index is 13.5. The van der Waals surface area contributed by atoms with Crippen molar-refractivity contribution in [2.45, 2.75) is 18.4 Å². The van der Waals surface area contributed by atoms with Gasteiger partial charge in [0.05, 0.1) is 36.7 Å². The van der Waals surface area contributed by atoms with Gasteiger partial charge in [0.1, 0.15) is 23.8 Å². The third-order valence-corrected chi connectivity index (χ3v) is 7.72. The fraction of sp³-hybridized carbons (Fsp3) is 0.167. The maximum Gasteiger partial charge on any atom is 0.264 e. The Bertz CT molecular complexity index is 1620. The van der Waals surface area contributed by atoms with E-state index in [1.165, 1.54) is 37.8 Å². The number of aryl methyl sites for hydroxylation is 1. The number of rotatable bonds is 13. The fourth-order valence-electron chi connectivity index (χ4n) is 3.71. The van der Waals surface area contributed by atoms with Crippen LogP contribution >= 0.6 is 0 Å². The van der Waals surface area contributed by atoms with E-state index in [1.54, 1.807) is 66.7 Å². The second kappa shape index (κ2) is 14.0. The van der Waals surface area contributed by atoms with Crippen LogP contribution in [0.2, 0.25) is 0 Å². The Kier molecular flexibility index (Phi) is 9.95. The molecule has 1 heterocycles. The SMILES string of the molecule is COc1cccc(N(CC(=O)N/N=C\c2ccc(OCC(=O)NCc3ccco3)cc2)S(=O)(=O)c2ccc(C)cc2)c1. The number of hydrazone groups is 1. The highest BCUT2D eigenvalue weighted by atomic mass is 32.2. The van der Waals surface area contributed by atoms with Gasteiger partial charge in [0.25, 0.3) is 21.8 Å². The summed E-state index contributed by atoms with van der Waals surface area (Å²) >= 11 is 0. The van der Waals surface area contributed by atoms with Crippen LogP contribution in [0.3, 0.4) is 0 Å². The van der Waals surface area contributed by atoms with E-state index in [0.717, 1.165) is 9.87 Å². The first-order chi connectivity index (χ1) is 20.2. The van der Waals surface area contributed by atoms with Gasteiger partial charge in [-0.15, -0.1) is 0 Å². The van der Waals surface area contributed by atoms with E-state index in [4.69, 9.17) is 13.9 Å². The van der Waals surface area contributed by atoms with Gasteiger partial charge in [0.2, 0.25) is 0 Å². The van der Waals surface area contributed by atoms with Crippen LogP contribution in [0.15, 0.2) is 106 Å². The highest BCUT2D eigenvalue weighted by Gasteiger charge is 2.27. The minimum atomic E-state index is -4.08. The second-order valence-corrected chi connectivity index (χ2v) is 10.9. The van der Waals surface area contributed by atoms with Gasteiger partial charge in [0.15, 0.2) is 6.61 Å². The predicted octanol–water partition coefficient (Wildman–Crippen LogP) is 3.64. The number of benzene rings is 3. The maximum atomic E-state index is 13.5. The zero-order valence-corrected chi connectivity index (χ0v) is 23.8. The minimum Gasteiger partial charge on any atom is -0.497 e. The lowest BCUT2D eigenvalue weighted by Crippen LogP contribution is -2.39. The lowest BCUT2D eigenvalue weighted by Gasteiger charge is -2.24. The Balaban J connectivity index is 1.35. The zero-order chi connectivity index (χ0) is 30.0. The van der Waals surface area contributed by atoms with Gasteiger partial charge in [-0.3, -0.25) is 13.9 Å². The van der Waals surface area contributed by atoms with Crippen LogP contribution < -0.4 is 24.5 Å². The molecule has 0 radical (unpaired) electrons. The van der Waals surface area contributed by atoms with E-state index in [1.807, 2.05) is 6.92 Å². The number of hydrogen-bond donors (Lipinski definition) is 2. The summed E-state index contributed by atoms with van der Waals surface area (Å²) < 4.78 is 43.9. The molecule has 0 aliphatic heterocycles. The number of amides is 2. The number of furan rings is 1. The highest BCUT2D eigenvalue weighted by Crippen LogP contribution is 2.27. The second-order valence-electron chi connectivity index (χ2n) is 9.03. The number of nitrogens with zero attached hydrogens (tertiary/aromatic N) is 2. The number of ether oxygens (including phenoxy) is 2. The van der Waals surface area contributed by atoms with Gasteiger partial charge in [-0.1, -0.05) is 23.8 Å². The molecule has 0 unspecified atom stereocenters. The van der Waals surface area contributed by atoms with Crippen molar-refractivity contribution < 1.29 is 31.9 Å². The van der Waals surface area contributed by atoms with Crippen molar-refractivity contribution in [3.05, 3.63) is 108 Å². The molecule has 12 heteroatoms. The summed E-state index contributed by atoms with van der Waals surface area (Å²) in [5.74, 6) is 0.605.